The van der Waals surface area contributed by atoms with Crippen LogP contribution in [0.5, 0.6) is 0 Å². The van der Waals surface area contributed by atoms with Gasteiger partial charge in [0.2, 0.25) is 0 Å². The Hall–Kier alpha value is -8.54. The molecule has 0 bridgehead atoms. The van der Waals surface area contributed by atoms with E-state index in [4.69, 9.17) is 23.2 Å². The molecule has 0 N–H and O–H groups in total. The topological polar surface area (TPSA) is 65.2 Å². The summed E-state index contributed by atoms with van der Waals surface area (Å²) >= 11 is 0. The lowest BCUT2D eigenvalue weighted by Crippen LogP contribution is -1.96. The highest BCUT2D eigenvalue weighted by atomic mass is 16.3. The molecule has 0 aliphatic heterocycles. The van der Waals surface area contributed by atoms with Gasteiger partial charge in [0, 0.05) is 49.0 Å². The van der Waals surface area contributed by atoms with Gasteiger partial charge >= 0.3 is 0 Å². The molecule has 0 saturated heterocycles. The lowest BCUT2D eigenvalue weighted by molar-refractivity contribution is 0.668. The van der Waals surface area contributed by atoms with Crippen LogP contribution in [-0.2, 0) is 0 Å². The van der Waals surface area contributed by atoms with Crippen LogP contribution in [0, 0.1) is 0 Å². The van der Waals surface area contributed by atoms with E-state index >= 15 is 0 Å². The standard InChI is InChI=1S/C58H34N2O3/c1-2-10-37(11-3-1)58-59-50(34-51(60-58)40-22-25-47-44-12-4-7-15-52(44)63-57(47)33-40)36-20-18-35(19-21-36)41-28-42(38-23-26-55-48(31-38)45-13-5-8-16-53(45)61-55)30-43(29-41)39-24-27-56-49(32-39)46-14-6-9-17-54(46)62-56/h1-34H. The van der Waals surface area contributed by atoms with Gasteiger partial charge in [-0.1, -0.05) is 127 Å². The second-order valence-corrected chi connectivity index (χ2v) is 16.1. The Labute approximate surface area is 361 Å². The fourth-order valence-electron chi connectivity index (χ4n) is 9.12. The van der Waals surface area contributed by atoms with Crippen LogP contribution in [0.1, 0.15) is 0 Å². The zero-order valence-corrected chi connectivity index (χ0v) is 33.7. The van der Waals surface area contributed by atoms with E-state index in [-0.39, 0.29) is 0 Å². The number of hydrogen-bond acceptors (Lipinski definition) is 5. The Kier molecular flexibility index (Phi) is 7.84. The average molecular weight is 807 g/mol. The number of aromatic nitrogens is 2. The highest BCUT2D eigenvalue weighted by Gasteiger charge is 2.16. The SMILES string of the molecule is c1ccc(-c2nc(-c3ccc(-c4cc(-c5ccc6oc7ccccc7c6c5)cc(-c5ccc6oc7ccccc7c6c5)c4)cc3)cc(-c3ccc4c(c3)oc3ccccc34)n2)cc1. The second-order valence-electron chi connectivity index (χ2n) is 16.1. The molecule has 0 unspecified atom stereocenters. The molecular weight excluding hydrogens is 773 g/mol. The second kappa shape index (κ2) is 14.0. The van der Waals surface area contributed by atoms with Crippen molar-refractivity contribution >= 4 is 65.8 Å². The first kappa shape index (κ1) is 35.2. The maximum atomic E-state index is 6.29. The van der Waals surface area contributed by atoms with Crippen LogP contribution in [0.3, 0.4) is 0 Å². The summed E-state index contributed by atoms with van der Waals surface area (Å²) < 4.78 is 18.7. The van der Waals surface area contributed by atoms with Crippen molar-refractivity contribution in [2.24, 2.45) is 0 Å². The van der Waals surface area contributed by atoms with Crippen molar-refractivity contribution in [3.05, 3.63) is 206 Å². The maximum Gasteiger partial charge on any atom is 0.160 e. The predicted octanol–water partition coefficient (Wildman–Crippen LogP) is 16.2. The Bertz CT molecular complexity index is 3780. The van der Waals surface area contributed by atoms with Crippen LogP contribution < -0.4 is 0 Å². The van der Waals surface area contributed by atoms with Crippen molar-refractivity contribution in [1.82, 2.24) is 9.97 Å². The predicted molar refractivity (Wildman–Crippen MR) is 256 cm³/mol. The summed E-state index contributed by atoms with van der Waals surface area (Å²) in [5.74, 6) is 0.666. The maximum absolute atomic E-state index is 6.29. The third kappa shape index (κ3) is 6.01. The van der Waals surface area contributed by atoms with Crippen molar-refractivity contribution < 1.29 is 13.3 Å². The highest BCUT2D eigenvalue weighted by Crippen LogP contribution is 2.40. The summed E-state index contributed by atoms with van der Waals surface area (Å²) in [6.45, 7) is 0. The number of rotatable bonds is 6. The number of hydrogen-bond donors (Lipinski definition) is 0. The molecular formula is C58H34N2O3. The third-order valence-electron chi connectivity index (χ3n) is 12.3. The number of para-hydroxylation sites is 3. The minimum Gasteiger partial charge on any atom is -0.456 e. The molecule has 4 aromatic heterocycles. The van der Waals surface area contributed by atoms with Crippen LogP contribution in [-0.4, -0.2) is 9.97 Å². The smallest absolute Gasteiger partial charge is 0.160 e. The Morgan fingerprint density at radius 3 is 1.22 bits per heavy atom. The van der Waals surface area contributed by atoms with Gasteiger partial charge in [0.25, 0.3) is 0 Å². The van der Waals surface area contributed by atoms with Crippen molar-refractivity contribution in [2.75, 3.05) is 0 Å². The van der Waals surface area contributed by atoms with Crippen molar-refractivity contribution in [3.8, 4) is 67.3 Å². The molecule has 0 amide bonds. The molecule has 9 aromatic carbocycles. The van der Waals surface area contributed by atoms with Crippen LogP contribution in [0.4, 0.5) is 0 Å². The van der Waals surface area contributed by atoms with Crippen LogP contribution in [0.25, 0.3) is 133 Å². The molecule has 0 aliphatic carbocycles. The molecule has 13 aromatic rings. The van der Waals surface area contributed by atoms with Gasteiger partial charge in [0.1, 0.15) is 33.5 Å². The molecule has 0 atom stereocenters. The van der Waals surface area contributed by atoms with E-state index in [2.05, 4.69) is 146 Å². The molecule has 0 radical (unpaired) electrons. The van der Waals surface area contributed by atoms with E-state index in [1.807, 2.05) is 60.7 Å². The van der Waals surface area contributed by atoms with Crippen molar-refractivity contribution in [1.29, 1.82) is 0 Å². The van der Waals surface area contributed by atoms with E-state index in [0.29, 0.717) is 5.82 Å². The van der Waals surface area contributed by atoms with Gasteiger partial charge in [-0.3, -0.25) is 0 Å². The van der Waals surface area contributed by atoms with Gasteiger partial charge in [-0.25, -0.2) is 9.97 Å². The van der Waals surface area contributed by atoms with E-state index in [1.165, 1.54) is 0 Å². The summed E-state index contributed by atoms with van der Waals surface area (Å²) in [5.41, 5.74) is 16.5. The molecule has 0 fully saturated rings. The van der Waals surface area contributed by atoms with E-state index in [9.17, 15) is 0 Å². The van der Waals surface area contributed by atoms with Gasteiger partial charge < -0.3 is 13.3 Å². The molecule has 5 heteroatoms. The van der Waals surface area contributed by atoms with Crippen LogP contribution >= 0.6 is 0 Å². The van der Waals surface area contributed by atoms with Crippen molar-refractivity contribution in [3.63, 3.8) is 0 Å². The fourth-order valence-corrected chi connectivity index (χ4v) is 9.12. The Morgan fingerprint density at radius 2 is 0.635 bits per heavy atom. The highest BCUT2D eigenvalue weighted by molar-refractivity contribution is 6.08. The first-order valence-electron chi connectivity index (χ1n) is 21.1. The van der Waals surface area contributed by atoms with Crippen LogP contribution in [0.15, 0.2) is 220 Å². The largest absolute Gasteiger partial charge is 0.456 e. The molecule has 0 saturated carbocycles. The third-order valence-corrected chi connectivity index (χ3v) is 12.3. The summed E-state index contributed by atoms with van der Waals surface area (Å²) in [6, 6.07) is 71.8. The molecule has 63 heavy (non-hydrogen) atoms. The molecule has 0 spiro atoms. The van der Waals surface area contributed by atoms with Gasteiger partial charge in [0.15, 0.2) is 5.82 Å². The Morgan fingerprint density at radius 1 is 0.222 bits per heavy atom. The zero-order chi connectivity index (χ0) is 41.4. The molecule has 5 nitrogen and oxygen atoms in total. The van der Waals surface area contributed by atoms with Crippen molar-refractivity contribution in [2.45, 2.75) is 0 Å². The summed E-state index contributed by atoms with van der Waals surface area (Å²) in [6.07, 6.45) is 0. The number of fused-ring (bicyclic) bond motifs is 9. The number of benzene rings is 9. The monoisotopic (exact) mass is 806 g/mol. The van der Waals surface area contributed by atoms with Gasteiger partial charge in [-0.05, 0) is 112 Å². The van der Waals surface area contributed by atoms with Crippen LogP contribution in [0.2, 0.25) is 0 Å². The lowest BCUT2D eigenvalue weighted by atomic mass is 9.92. The molecule has 294 valence electrons. The normalized spacial score (nSPS) is 11.8. The zero-order valence-electron chi connectivity index (χ0n) is 33.7. The molecule has 13 rings (SSSR count). The number of furan rings is 3. The number of nitrogens with zero attached hydrogens (tertiary/aromatic N) is 2. The molecule has 0 aliphatic rings. The van der Waals surface area contributed by atoms with Gasteiger partial charge in [-0.2, -0.15) is 0 Å². The van der Waals surface area contributed by atoms with E-state index < -0.39 is 0 Å². The van der Waals surface area contributed by atoms with E-state index in [1.54, 1.807) is 0 Å². The summed E-state index contributed by atoms with van der Waals surface area (Å²) in [5, 5.41) is 6.60. The first-order valence-corrected chi connectivity index (χ1v) is 21.1. The summed E-state index contributed by atoms with van der Waals surface area (Å²) in [4.78, 5) is 10.2. The van der Waals surface area contributed by atoms with Gasteiger partial charge in [-0.15, -0.1) is 0 Å². The minimum absolute atomic E-state index is 0.666. The average Bonchev–Trinajstić information content (AvgIpc) is 4.04. The summed E-state index contributed by atoms with van der Waals surface area (Å²) in [7, 11) is 0. The van der Waals surface area contributed by atoms with Gasteiger partial charge in [0.05, 0.1) is 11.4 Å². The minimum atomic E-state index is 0.666. The Balaban J connectivity index is 0.935. The first-order chi connectivity index (χ1) is 31.1. The lowest BCUT2D eigenvalue weighted by Gasteiger charge is -2.13. The molecule has 4 heterocycles. The fraction of sp³-hybridized carbons (Fsp3) is 0. The quantitative estimate of drug-likeness (QED) is 0.167. The van der Waals surface area contributed by atoms with E-state index in [0.717, 1.165) is 127 Å².